The molecular weight excluding hydrogens is 769 g/mol. The largest absolute Gasteiger partial charge is 0.456 e. The minimum atomic E-state index is -0.541. The van der Waals surface area contributed by atoms with Crippen LogP contribution in [0.15, 0.2) is 223 Å². The van der Waals surface area contributed by atoms with Gasteiger partial charge in [-0.3, -0.25) is 0 Å². The summed E-state index contributed by atoms with van der Waals surface area (Å²) in [4.78, 5) is 10.5. The number of para-hydroxylation sites is 4. The third-order valence-corrected chi connectivity index (χ3v) is 13.0. The first-order valence-corrected chi connectivity index (χ1v) is 21.4. The summed E-state index contributed by atoms with van der Waals surface area (Å²) in [5.41, 5.74) is 17.4. The van der Waals surface area contributed by atoms with Gasteiger partial charge in [0.25, 0.3) is 0 Å². The van der Waals surface area contributed by atoms with E-state index in [9.17, 15) is 0 Å². The minimum Gasteiger partial charge on any atom is -0.456 e. The lowest BCUT2D eigenvalue weighted by Gasteiger charge is -2.40. The van der Waals surface area contributed by atoms with Crippen molar-refractivity contribution in [3.05, 3.63) is 241 Å². The molecule has 9 aromatic carbocycles. The lowest BCUT2D eigenvalue weighted by Crippen LogP contribution is -2.32. The van der Waals surface area contributed by atoms with E-state index in [4.69, 9.17) is 19.1 Å². The Morgan fingerprint density at radius 1 is 0.349 bits per heavy atom. The molecule has 13 rings (SSSR count). The first-order valence-electron chi connectivity index (χ1n) is 21.4. The molecule has 0 saturated carbocycles. The molecule has 0 amide bonds. The molecule has 2 aromatic heterocycles. The molecule has 1 spiro atoms. The lowest BCUT2D eigenvalue weighted by atomic mass is 9.65. The number of benzene rings is 9. The van der Waals surface area contributed by atoms with Crippen molar-refractivity contribution in [1.82, 2.24) is 9.97 Å². The molecule has 0 saturated heterocycles. The third-order valence-electron chi connectivity index (χ3n) is 13.0. The Morgan fingerprint density at radius 3 is 1.68 bits per heavy atom. The van der Waals surface area contributed by atoms with E-state index in [-0.39, 0.29) is 0 Å². The molecular formula is C59H36N2O2. The fraction of sp³-hybridized carbons (Fsp3) is 0.0169. The van der Waals surface area contributed by atoms with Crippen LogP contribution in [0.2, 0.25) is 0 Å². The van der Waals surface area contributed by atoms with Gasteiger partial charge in [0.05, 0.1) is 16.8 Å². The normalized spacial score (nSPS) is 13.0. The Labute approximate surface area is 364 Å². The predicted octanol–water partition coefficient (Wildman–Crippen LogP) is 15.2. The second-order valence-corrected chi connectivity index (χ2v) is 16.4. The van der Waals surface area contributed by atoms with E-state index in [1.54, 1.807) is 0 Å². The first-order chi connectivity index (χ1) is 31.2. The number of hydrogen-bond donors (Lipinski definition) is 0. The highest BCUT2D eigenvalue weighted by atomic mass is 16.5. The van der Waals surface area contributed by atoms with Gasteiger partial charge in [-0.1, -0.05) is 194 Å². The van der Waals surface area contributed by atoms with Crippen molar-refractivity contribution in [2.75, 3.05) is 0 Å². The zero-order valence-corrected chi connectivity index (χ0v) is 34.0. The van der Waals surface area contributed by atoms with Gasteiger partial charge in [-0.05, 0) is 57.6 Å². The van der Waals surface area contributed by atoms with E-state index in [0.29, 0.717) is 5.82 Å². The monoisotopic (exact) mass is 804 g/mol. The van der Waals surface area contributed by atoms with Crippen LogP contribution < -0.4 is 4.74 Å². The fourth-order valence-corrected chi connectivity index (χ4v) is 10.2. The van der Waals surface area contributed by atoms with E-state index in [0.717, 1.165) is 94.9 Å². The molecule has 0 radical (unpaired) electrons. The van der Waals surface area contributed by atoms with Crippen LogP contribution in [0, 0.1) is 0 Å². The molecule has 0 N–H and O–H groups in total. The summed E-state index contributed by atoms with van der Waals surface area (Å²) in [5, 5.41) is 2.24. The smallest absolute Gasteiger partial charge is 0.160 e. The summed E-state index contributed by atoms with van der Waals surface area (Å²) in [6.45, 7) is 0. The molecule has 0 fully saturated rings. The number of ether oxygens (including phenoxy) is 1. The molecule has 1 aliphatic heterocycles. The van der Waals surface area contributed by atoms with Crippen molar-refractivity contribution in [2.45, 2.75) is 5.41 Å². The van der Waals surface area contributed by atoms with Crippen LogP contribution in [0.4, 0.5) is 0 Å². The summed E-state index contributed by atoms with van der Waals surface area (Å²) in [6.07, 6.45) is 0. The Kier molecular flexibility index (Phi) is 7.79. The average Bonchev–Trinajstić information content (AvgIpc) is 3.88. The van der Waals surface area contributed by atoms with Crippen LogP contribution in [0.1, 0.15) is 22.3 Å². The highest BCUT2D eigenvalue weighted by Gasteiger charge is 2.51. The molecule has 0 unspecified atom stereocenters. The highest BCUT2D eigenvalue weighted by Crippen LogP contribution is 2.63. The summed E-state index contributed by atoms with van der Waals surface area (Å²) < 4.78 is 13.4. The average molecular weight is 805 g/mol. The summed E-state index contributed by atoms with van der Waals surface area (Å²) in [7, 11) is 0. The summed E-state index contributed by atoms with van der Waals surface area (Å²) in [6, 6.07) is 77.0. The maximum absolute atomic E-state index is 7.02. The van der Waals surface area contributed by atoms with Crippen molar-refractivity contribution in [2.24, 2.45) is 0 Å². The Hall–Kier alpha value is -8.34. The Bertz CT molecular complexity index is 3560. The molecule has 4 heteroatoms. The number of fused-ring (bicyclic) bond motifs is 12. The zero-order chi connectivity index (χ0) is 41.5. The van der Waals surface area contributed by atoms with Crippen molar-refractivity contribution < 1.29 is 9.15 Å². The van der Waals surface area contributed by atoms with Gasteiger partial charge >= 0.3 is 0 Å². The molecule has 63 heavy (non-hydrogen) atoms. The lowest BCUT2D eigenvalue weighted by molar-refractivity contribution is 0.438. The van der Waals surface area contributed by atoms with Gasteiger partial charge < -0.3 is 9.15 Å². The third kappa shape index (κ3) is 5.35. The van der Waals surface area contributed by atoms with Gasteiger partial charge in [-0.2, -0.15) is 0 Å². The molecule has 4 nitrogen and oxygen atoms in total. The van der Waals surface area contributed by atoms with Gasteiger partial charge in [-0.15, -0.1) is 0 Å². The zero-order valence-electron chi connectivity index (χ0n) is 34.0. The van der Waals surface area contributed by atoms with Crippen molar-refractivity contribution in [3.8, 4) is 78.8 Å². The molecule has 0 atom stereocenters. The molecule has 294 valence electrons. The van der Waals surface area contributed by atoms with E-state index in [1.807, 2.05) is 18.2 Å². The fourth-order valence-electron chi connectivity index (χ4n) is 10.2. The van der Waals surface area contributed by atoms with Crippen LogP contribution in [0.25, 0.3) is 89.2 Å². The number of furan rings is 1. The Morgan fingerprint density at radius 2 is 0.889 bits per heavy atom. The predicted molar refractivity (Wildman–Crippen MR) is 254 cm³/mol. The number of nitrogens with zero attached hydrogens (tertiary/aromatic N) is 2. The van der Waals surface area contributed by atoms with Gasteiger partial charge in [0.15, 0.2) is 5.82 Å². The molecule has 1 aliphatic carbocycles. The quantitative estimate of drug-likeness (QED) is 0.174. The van der Waals surface area contributed by atoms with E-state index >= 15 is 0 Å². The van der Waals surface area contributed by atoms with Crippen molar-refractivity contribution in [1.29, 1.82) is 0 Å². The van der Waals surface area contributed by atoms with E-state index in [2.05, 4.69) is 200 Å². The molecule has 11 aromatic rings. The van der Waals surface area contributed by atoms with Crippen LogP contribution in [0.5, 0.6) is 11.5 Å². The standard InChI is InChI=1S/C59H36N2O2/c1-2-15-38(16-3-1)52-36-53(39-33-31-37(32-34-39)42-22-13-24-47-46-21-6-10-29-54(46)62-56(42)47)61-58(60-52)41-18-12-17-40(35-41)43-23-14-28-51-57(43)63-55-30-11-9-27-50(55)59(51)48-25-7-4-19-44(48)45-20-5-8-26-49(45)59/h1-36H. The number of aromatic nitrogens is 2. The van der Waals surface area contributed by atoms with Crippen molar-refractivity contribution in [3.63, 3.8) is 0 Å². The minimum absolute atomic E-state index is 0.541. The van der Waals surface area contributed by atoms with E-state index in [1.165, 1.54) is 22.3 Å². The summed E-state index contributed by atoms with van der Waals surface area (Å²) in [5.74, 6) is 2.37. The van der Waals surface area contributed by atoms with Crippen LogP contribution >= 0.6 is 0 Å². The topological polar surface area (TPSA) is 48.2 Å². The SMILES string of the molecule is c1ccc(-c2cc(-c3ccc(-c4cccc5c4oc4ccccc45)cc3)nc(-c3cccc(-c4cccc5c4Oc4ccccc4C54c5ccccc5-c5ccccc54)c3)n2)cc1. The van der Waals surface area contributed by atoms with Crippen LogP contribution in [0.3, 0.4) is 0 Å². The van der Waals surface area contributed by atoms with Gasteiger partial charge in [0.2, 0.25) is 0 Å². The highest BCUT2D eigenvalue weighted by molar-refractivity contribution is 6.09. The van der Waals surface area contributed by atoms with Gasteiger partial charge in [0.1, 0.15) is 22.7 Å². The maximum atomic E-state index is 7.02. The maximum Gasteiger partial charge on any atom is 0.160 e. The Balaban J connectivity index is 0.939. The second-order valence-electron chi connectivity index (χ2n) is 16.4. The summed E-state index contributed by atoms with van der Waals surface area (Å²) >= 11 is 0. The molecule has 0 bridgehead atoms. The van der Waals surface area contributed by atoms with Gasteiger partial charge in [0, 0.05) is 49.7 Å². The van der Waals surface area contributed by atoms with Crippen molar-refractivity contribution >= 4 is 21.9 Å². The number of hydrogen-bond acceptors (Lipinski definition) is 4. The second kappa shape index (κ2) is 13.8. The molecule has 3 heterocycles. The number of rotatable bonds is 5. The van der Waals surface area contributed by atoms with Crippen LogP contribution in [-0.4, -0.2) is 9.97 Å². The molecule has 2 aliphatic rings. The van der Waals surface area contributed by atoms with E-state index < -0.39 is 5.41 Å². The first kappa shape index (κ1) is 35.4. The van der Waals surface area contributed by atoms with Crippen LogP contribution in [-0.2, 0) is 5.41 Å². The van der Waals surface area contributed by atoms with Gasteiger partial charge in [-0.25, -0.2) is 9.97 Å².